The van der Waals surface area contributed by atoms with E-state index in [9.17, 15) is 43.2 Å². The van der Waals surface area contributed by atoms with E-state index in [2.05, 4.69) is 34.6 Å². The summed E-state index contributed by atoms with van der Waals surface area (Å²) in [6.07, 6.45) is 69.3. The lowest BCUT2D eigenvalue weighted by molar-refractivity contribution is -0.161. The summed E-state index contributed by atoms with van der Waals surface area (Å²) in [5.41, 5.74) is 0. The number of phosphoric acid groups is 2. The Morgan fingerprint density at radius 3 is 0.660 bits per heavy atom. The second-order valence-corrected chi connectivity index (χ2v) is 33.6. The zero-order valence-corrected chi connectivity index (χ0v) is 69.3. The van der Waals surface area contributed by atoms with Gasteiger partial charge in [0.1, 0.15) is 19.3 Å². The van der Waals surface area contributed by atoms with Gasteiger partial charge >= 0.3 is 39.5 Å². The molecular formula is C84H164O17P2. The summed E-state index contributed by atoms with van der Waals surface area (Å²) >= 11 is 0. The number of carbonyl (C=O) groups is 4. The highest BCUT2D eigenvalue weighted by Gasteiger charge is 2.30. The number of hydrogen-bond acceptors (Lipinski definition) is 15. The van der Waals surface area contributed by atoms with Gasteiger partial charge < -0.3 is 33.8 Å². The molecule has 0 spiro atoms. The molecule has 5 atom stereocenters. The van der Waals surface area contributed by atoms with Crippen LogP contribution in [0.4, 0.5) is 0 Å². The third-order valence-corrected chi connectivity index (χ3v) is 21.7. The van der Waals surface area contributed by atoms with E-state index in [1.54, 1.807) is 0 Å². The van der Waals surface area contributed by atoms with E-state index in [0.29, 0.717) is 25.7 Å². The van der Waals surface area contributed by atoms with Crippen LogP contribution < -0.4 is 0 Å². The minimum absolute atomic E-state index is 0.108. The topological polar surface area (TPSA) is 237 Å². The molecule has 0 saturated carbocycles. The number of ether oxygens (including phenoxy) is 4. The van der Waals surface area contributed by atoms with E-state index in [4.69, 9.17) is 37.0 Å². The van der Waals surface area contributed by atoms with Gasteiger partial charge in [-0.1, -0.05) is 401 Å². The first-order valence-corrected chi connectivity index (χ1v) is 46.6. The van der Waals surface area contributed by atoms with Crippen LogP contribution in [0, 0.1) is 5.92 Å². The second-order valence-electron chi connectivity index (χ2n) is 30.7. The number of phosphoric ester groups is 2. The third kappa shape index (κ3) is 78.0. The van der Waals surface area contributed by atoms with Gasteiger partial charge in [-0.3, -0.25) is 37.3 Å². The van der Waals surface area contributed by atoms with Gasteiger partial charge in [0.15, 0.2) is 12.2 Å². The average molecular weight is 1510 g/mol. The Balaban J connectivity index is 5.22. The smallest absolute Gasteiger partial charge is 0.462 e. The molecule has 0 saturated heterocycles. The molecule has 0 radical (unpaired) electrons. The predicted molar refractivity (Wildman–Crippen MR) is 423 cm³/mol. The van der Waals surface area contributed by atoms with Gasteiger partial charge in [0.05, 0.1) is 26.4 Å². The van der Waals surface area contributed by atoms with Crippen LogP contribution in [0.15, 0.2) is 0 Å². The quantitative estimate of drug-likeness (QED) is 0.0222. The van der Waals surface area contributed by atoms with E-state index < -0.39 is 97.5 Å². The third-order valence-electron chi connectivity index (χ3n) is 19.8. The Kier molecular flexibility index (Phi) is 75.4. The molecular weight excluding hydrogens is 1340 g/mol. The van der Waals surface area contributed by atoms with E-state index >= 15 is 0 Å². The largest absolute Gasteiger partial charge is 0.472 e. The van der Waals surface area contributed by atoms with Gasteiger partial charge in [0.25, 0.3) is 0 Å². The molecule has 0 aromatic carbocycles. The van der Waals surface area contributed by atoms with Gasteiger partial charge in [0, 0.05) is 25.7 Å². The zero-order valence-electron chi connectivity index (χ0n) is 67.5. The van der Waals surface area contributed by atoms with Gasteiger partial charge in [0.2, 0.25) is 0 Å². The van der Waals surface area contributed by atoms with E-state index in [-0.39, 0.29) is 25.7 Å². The number of hydrogen-bond donors (Lipinski definition) is 3. The highest BCUT2D eigenvalue weighted by atomic mass is 31.2. The molecule has 0 amide bonds. The van der Waals surface area contributed by atoms with Crippen molar-refractivity contribution in [3.63, 3.8) is 0 Å². The van der Waals surface area contributed by atoms with Crippen molar-refractivity contribution < 1.29 is 80.2 Å². The average Bonchev–Trinajstić information content (AvgIpc) is 0.930. The van der Waals surface area contributed by atoms with Crippen molar-refractivity contribution in [2.45, 2.75) is 470 Å². The lowest BCUT2D eigenvalue weighted by Crippen LogP contribution is -2.30. The zero-order chi connectivity index (χ0) is 75.5. The first kappa shape index (κ1) is 101. The highest BCUT2D eigenvalue weighted by molar-refractivity contribution is 7.47. The minimum atomic E-state index is -4.96. The van der Waals surface area contributed by atoms with Crippen molar-refractivity contribution in [3.8, 4) is 0 Å². The summed E-state index contributed by atoms with van der Waals surface area (Å²) in [6.45, 7) is 7.36. The van der Waals surface area contributed by atoms with Crippen molar-refractivity contribution in [1.29, 1.82) is 0 Å². The van der Waals surface area contributed by atoms with Gasteiger partial charge in [-0.25, -0.2) is 9.13 Å². The van der Waals surface area contributed by atoms with Crippen LogP contribution >= 0.6 is 15.6 Å². The molecule has 0 aliphatic heterocycles. The molecule has 2 unspecified atom stereocenters. The molecule has 0 aliphatic carbocycles. The number of unbranched alkanes of at least 4 members (excludes halogenated alkanes) is 56. The maximum atomic E-state index is 13.1. The summed E-state index contributed by atoms with van der Waals surface area (Å²) in [4.78, 5) is 73.1. The van der Waals surface area contributed by atoms with E-state index in [1.807, 2.05) is 0 Å². The Morgan fingerprint density at radius 2 is 0.447 bits per heavy atom. The van der Waals surface area contributed by atoms with Crippen LogP contribution in [0.25, 0.3) is 0 Å². The van der Waals surface area contributed by atoms with Crippen LogP contribution in [-0.2, 0) is 65.4 Å². The van der Waals surface area contributed by atoms with Crippen molar-refractivity contribution in [1.82, 2.24) is 0 Å². The SMILES string of the molecule is CCCCCCCCCCCCCCCCCCCCCCCCC(=O)O[C@H](COC(=O)CCCCCCCCCCCCCCC(C)C)COP(=O)(O)OC[C@@H](O)COP(=O)(O)OC[C@@H](COC(=O)CCCCCCCCCCCCCCC)OC(=O)CCCCCCCCCCCCCCC. The van der Waals surface area contributed by atoms with Gasteiger partial charge in [-0.2, -0.15) is 0 Å². The Labute approximate surface area is 632 Å². The first-order valence-electron chi connectivity index (χ1n) is 43.6. The van der Waals surface area contributed by atoms with Crippen molar-refractivity contribution >= 4 is 39.5 Å². The predicted octanol–water partition coefficient (Wildman–Crippen LogP) is 25.6. The highest BCUT2D eigenvalue weighted by Crippen LogP contribution is 2.45. The Morgan fingerprint density at radius 1 is 0.262 bits per heavy atom. The van der Waals surface area contributed by atoms with E-state index in [1.165, 1.54) is 276 Å². The molecule has 0 fully saturated rings. The molecule has 19 heteroatoms. The van der Waals surface area contributed by atoms with Crippen molar-refractivity contribution in [3.05, 3.63) is 0 Å². The number of aliphatic hydroxyl groups is 1. The lowest BCUT2D eigenvalue weighted by atomic mass is 10.0. The van der Waals surface area contributed by atoms with Crippen LogP contribution in [0.5, 0.6) is 0 Å². The summed E-state index contributed by atoms with van der Waals surface area (Å²) in [5, 5.41) is 10.7. The molecule has 0 aromatic heterocycles. The molecule has 0 aliphatic rings. The fourth-order valence-electron chi connectivity index (χ4n) is 13.1. The summed E-state index contributed by atoms with van der Waals surface area (Å²) in [6, 6.07) is 0. The summed E-state index contributed by atoms with van der Waals surface area (Å²) in [5.74, 6) is -1.32. The molecule has 612 valence electrons. The Bertz CT molecular complexity index is 1960. The van der Waals surface area contributed by atoms with Crippen LogP contribution in [0.1, 0.15) is 452 Å². The summed E-state index contributed by atoms with van der Waals surface area (Å²) in [7, 11) is -9.92. The fraction of sp³-hybridized carbons (Fsp3) is 0.952. The lowest BCUT2D eigenvalue weighted by Gasteiger charge is -2.21. The van der Waals surface area contributed by atoms with Gasteiger partial charge in [-0.05, 0) is 31.6 Å². The number of rotatable bonds is 84. The molecule has 0 heterocycles. The second kappa shape index (κ2) is 76.8. The molecule has 0 rings (SSSR count). The standard InChI is InChI=1S/C84H164O17P2/c1-6-9-12-15-18-21-24-27-28-29-30-31-32-33-34-35-38-45-50-55-60-65-70-84(89)101-80(74-95-82(87)68-63-58-53-48-43-40-39-41-46-51-56-61-66-77(4)5)76-99-103(92,93)97-72-78(85)71-96-102(90,91)98-75-79(100-83(88)69-64-59-54-49-44-37-26-23-20-17-14-11-8-3)73-94-81(86)67-62-57-52-47-42-36-25-22-19-16-13-10-7-2/h77-80,85H,6-76H2,1-5H3,(H,90,91)(H,92,93)/t78-,79+,80+/m0/s1. The fourth-order valence-corrected chi connectivity index (χ4v) is 14.7. The summed E-state index contributed by atoms with van der Waals surface area (Å²) < 4.78 is 68.8. The normalized spacial score (nSPS) is 13.8. The minimum Gasteiger partial charge on any atom is -0.462 e. The number of aliphatic hydroxyl groups excluding tert-OH is 1. The first-order chi connectivity index (χ1) is 50.0. The van der Waals surface area contributed by atoms with Crippen LogP contribution in [0.3, 0.4) is 0 Å². The number of carbonyl (C=O) groups excluding carboxylic acids is 4. The molecule has 103 heavy (non-hydrogen) atoms. The monoisotopic (exact) mass is 1510 g/mol. The molecule has 3 N–H and O–H groups in total. The molecule has 17 nitrogen and oxygen atoms in total. The van der Waals surface area contributed by atoms with Crippen LogP contribution in [-0.4, -0.2) is 96.7 Å². The van der Waals surface area contributed by atoms with E-state index in [0.717, 1.165) is 95.8 Å². The van der Waals surface area contributed by atoms with Crippen molar-refractivity contribution in [2.75, 3.05) is 39.6 Å². The number of esters is 4. The maximum Gasteiger partial charge on any atom is 0.472 e. The Hall–Kier alpha value is -1.94. The molecule has 0 aromatic rings. The maximum absolute atomic E-state index is 13.1. The molecule has 0 bridgehead atoms. The van der Waals surface area contributed by atoms with Gasteiger partial charge in [-0.15, -0.1) is 0 Å². The van der Waals surface area contributed by atoms with Crippen LogP contribution in [0.2, 0.25) is 0 Å². The van der Waals surface area contributed by atoms with Crippen molar-refractivity contribution in [2.24, 2.45) is 5.92 Å².